The van der Waals surface area contributed by atoms with Gasteiger partial charge in [-0.25, -0.2) is 9.50 Å². The van der Waals surface area contributed by atoms with Gasteiger partial charge in [-0.2, -0.15) is 5.10 Å². The zero-order valence-corrected chi connectivity index (χ0v) is 13.5. The van der Waals surface area contributed by atoms with Crippen LogP contribution in [0.4, 0.5) is 0 Å². The molecule has 1 aliphatic heterocycles. The molecule has 3 rings (SSSR count). The molecule has 1 aliphatic rings. The summed E-state index contributed by atoms with van der Waals surface area (Å²) in [4.78, 5) is 21.4. The van der Waals surface area contributed by atoms with Crippen LogP contribution in [0.1, 0.15) is 35.2 Å². The number of carbonyl (C=O) groups excluding carboxylic acids is 1. The minimum Gasteiger partial charge on any atom is -0.338 e. The molecule has 1 atom stereocenters. The highest BCUT2D eigenvalue weighted by atomic mass is 16.2. The summed E-state index contributed by atoms with van der Waals surface area (Å²) in [6.07, 6.45) is 8.51. The molecule has 0 aromatic carbocycles. The number of hydrogen-bond donors (Lipinski definition) is 0. The Morgan fingerprint density at radius 2 is 2.09 bits per heavy atom. The highest BCUT2D eigenvalue weighted by Gasteiger charge is 2.24. The first-order valence-corrected chi connectivity index (χ1v) is 7.82. The highest BCUT2D eigenvalue weighted by Crippen LogP contribution is 2.18. The molecule has 0 saturated carbocycles. The van der Waals surface area contributed by atoms with E-state index >= 15 is 0 Å². The van der Waals surface area contributed by atoms with E-state index in [0.717, 1.165) is 37.9 Å². The molecule has 0 aliphatic carbocycles. The first-order valence-electron chi connectivity index (χ1n) is 7.82. The zero-order valence-electron chi connectivity index (χ0n) is 13.5. The number of aryl methyl sites for hydroxylation is 1. The first-order chi connectivity index (χ1) is 10.6. The van der Waals surface area contributed by atoms with Gasteiger partial charge in [0, 0.05) is 31.5 Å². The number of carbonyl (C=O) groups is 1. The molecule has 0 radical (unpaired) electrons. The van der Waals surface area contributed by atoms with Gasteiger partial charge in [-0.1, -0.05) is 0 Å². The first kappa shape index (κ1) is 15.0. The molecule has 6 heteroatoms. The second-order valence-electron chi connectivity index (χ2n) is 6.30. The summed E-state index contributed by atoms with van der Waals surface area (Å²) in [6.45, 7) is 3.57. The van der Waals surface area contributed by atoms with Crippen LogP contribution in [-0.4, -0.2) is 63.5 Å². The summed E-state index contributed by atoms with van der Waals surface area (Å²) >= 11 is 0. The van der Waals surface area contributed by atoms with Gasteiger partial charge in [0.25, 0.3) is 5.91 Å². The molecule has 6 nitrogen and oxygen atoms in total. The van der Waals surface area contributed by atoms with Gasteiger partial charge in [-0.05, 0) is 45.8 Å². The number of rotatable bonds is 2. The van der Waals surface area contributed by atoms with Crippen molar-refractivity contribution in [3.8, 4) is 0 Å². The summed E-state index contributed by atoms with van der Waals surface area (Å²) in [7, 11) is 4.22. The van der Waals surface area contributed by atoms with E-state index in [-0.39, 0.29) is 5.91 Å². The maximum Gasteiger partial charge on any atom is 0.259 e. The third kappa shape index (κ3) is 2.83. The van der Waals surface area contributed by atoms with E-state index in [4.69, 9.17) is 0 Å². The van der Waals surface area contributed by atoms with Crippen molar-refractivity contribution in [2.75, 3.05) is 27.2 Å². The topological polar surface area (TPSA) is 53.7 Å². The Hall–Kier alpha value is -1.95. The Kier molecular flexibility index (Phi) is 4.11. The van der Waals surface area contributed by atoms with Gasteiger partial charge >= 0.3 is 0 Å². The zero-order chi connectivity index (χ0) is 15.7. The van der Waals surface area contributed by atoms with Crippen LogP contribution in [0.25, 0.3) is 5.65 Å². The van der Waals surface area contributed by atoms with Crippen molar-refractivity contribution >= 4 is 11.6 Å². The van der Waals surface area contributed by atoms with E-state index in [1.54, 1.807) is 16.9 Å². The molecule has 1 saturated heterocycles. The lowest BCUT2D eigenvalue weighted by Crippen LogP contribution is -2.33. The quantitative estimate of drug-likeness (QED) is 0.845. The van der Waals surface area contributed by atoms with Crippen LogP contribution < -0.4 is 0 Å². The fourth-order valence-electron chi connectivity index (χ4n) is 3.09. The fraction of sp³-hybridized carbons (Fsp3) is 0.562. The van der Waals surface area contributed by atoms with Gasteiger partial charge in [0.15, 0.2) is 5.65 Å². The minimum atomic E-state index is 0.0470. The monoisotopic (exact) mass is 301 g/mol. The van der Waals surface area contributed by atoms with E-state index in [9.17, 15) is 4.79 Å². The normalized spacial score (nSPS) is 19.6. The number of fused-ring (bicyclic) bond motifs is 1. The Balaban J connectivity index is 1.80. The molecule has 118 valence electrons. The summed E-state index contributed by atoms with van der Waals surface area (Å²) in [5.41, 5.74) is 2.27. The second-order valence-corrected chi connectivity index (χ2v) is 6.30. The molecule has 1 fully saturated rings. The minimum absolute atomic E-state index is 0.0470. The van der Waals surface area contributed by atoms with Crippen LogP contribution in [0.3, 0.4) is 0 Å². The highest BCUT2D eigenvalue weighted by molar-refractivity contribution is 5.99. The van der Waals surface area contributed by atoms with E-state index in [2.05, 4.69) is 29.1 Å². The molecule has 1 amide bonds. The van der Waals surface area contributed by atoms with Crippen LogP contribution in [0, 0.1) is 6.92 Å². The van der Waals surface area contributed by atoms with Crippen molar-refractivity contribution in [2.45, 2.75) is 32.2 Å². The number of amides is 1. The average Bonchev–Trinajstić information content (AvgIpc) is 2.74. The van der Waals surface area contributed by atoms with E-state index in [0.29, 0.717) is 17.3 Å². The fourth-order valence-corrected chi connectivity index (χ4v) is 3.09. The largest absolute Gasteiger partial charge is 0.338 e. The van der Waals surface area contributed by atoms with Gasteiger partial charge in [0.2, 0.25) is 0 Å². The molecule has 0 N–H and O–H groups in total. The Bertz CT molecular complexity index is 678. The maximum absolute atomic E-state index is 12.8. The van der Waals surface area contributed by atoms with Gasteiger partial charge < -0.3 is 9.80 Å². The Morgan fingerprint density at radius 1 is 1.27 bits per heavy atom. The predicted molar refractivity (Wildman–Crippen MR) is 85.0 cm³/mol. The van der Waals surface area contributed by atoms with Crippen molar-refractivity contribution in [3.63, 3.8) is 0 Å². The summed E-state index contributed by atoms with van der Waals surface area (Å²) in [5, 5.41) is 4.26. The summed E-state index contributed by atoms with van der Waals surface area (Å²) in [6, 6.07) is 0.558. The molecule has 22 heavy (non-hydrogen) atoms. The third-order valence-electron chi connectivity index (χ3n) is 4.43. The van der Waals surface area contributed by atoms with Gasteiger partial charge in [-0.3, -0.25) is 4.79 Å². The smallest absolute Gasteiger partial charge is 0.259 e. The van der Waals surface area contributed by atoms with Crippen LogP contribution in [0.2, 0.25) is 0 Å². The van der Waals surface area contributed by atoms with Crippen LogP contribution in [-0.2, 0) is 0 Å². The lowest BCUT2D eigenvalue weighted by molar-refractivity contribution is 0.0760. The SMILES string of the molecule is Cc1cnc2c(C(=O)N3CCC[C@H](N(C)C)CC3)cnn2c1. The molecule has 2 aromatic rings. The standard InChI is InChI=1S/C16H23N5O/c1-12-9-17-15-14(10-18-21(15)11-12)16(22)20-7-4-5-13(6-8-20)19(2)3/h9-11,13H,4-8H2,1-3H3/t13-/m0/s1. The maximum atomic E-state index is 12.8. The lowest BCUT2D eigenvalue weighted by atomic mass is 10.1. The van der Waals surface area contributed by atoms with Crippen LogP contribution in [0.15, 0.2) is 18.6 Å². The van der Waals surface area contributed by atoms with Crippen LogP contribution >= 0.6 is 0 Å². The molecule has 3 heterocycles. The predicted octanol–water partition coefficient (Wildman–Crippen LogP) is 1.59. The average molecular weight is 301 g/mol. The lowest BCUT2D eigenvalue weighted by Gasteiger charge is -2.23. The molecular formula is C16H23N5O. The molecular weight excluding hydrogens is 278 g/mol. The molecule has 0 bridgehead atoms. The summed E-state index contributed by atoms with van der Waals surface area (Å²) in [5.74, 6) is 0.0470. The van der Waals surface area contributed by atoms with Crippen LogP contribution in [0.5, 0.6) is 0 Å². The van der Waals surface area contributed by atoms with Crippen molar-refractivity contribution in [2.24, 2.45) is 0 Å². The number of hydrogen-bond acceptors (Lipinski definition) is 4. The van der Waals surface area contributed by atoms with Gasteiger partial charge in [-0.15, -0.1) is 0 Å². The number of aromatic nitrogens is 3. The Labute approximate surface area is 130 Å². The third-order valence-corrected chi connectivity index (χ3v) is 4.43. The van der Waals surface area contributed by atoms with Crippen molar-refractivity contribution in [1.82, 2.24) is 24.4 Å². The molecule has 0 spiro atoms. The molecule has 0 unspecified atom stereocenters. The number of nitrogens with zero attached hydrogens (tertiary/aromatic N) is 5. The molecule has 2 aromatic heterocycles. The van der Waals surface area contributed by atoms with E-state index < -0.39 is 0 Å². The van der Waals surface area contributed by atoms with Gasteiger partial charge in [0.05, 0.1) is 6.20 Å². The summed E-state index contributed by atoms with van der Waals surface area (Å²) < 4.78 is 1.68. The van der Waals surface area contributed by atoms with E-state index in [1.807, 2.05) is 18.0 Å². The van der Waals surface area contributed by atoms with Crippen molar-refractivity contribution in [3.05, 3.63) is 29.7 Å². The van der Waals surface area contributed by atoms with Crippen molar-refractivity contribution < 1.29 is 4.79 Å². The van der Waals surface area contributed by atoms with Gasteiger partial charge in [0.1, 0.15) is 5.56 Å². The van der Waals surface area contributed by atoms with E-state index in [1.165, 1.54) is 0 Å². The Morgan fingerprint density at radius 3 is 2.86 bits per heavy atom. The number of likely N-dealkylation sites (tertiary alicyclic amines) is 1. The van der Waals surface area contributed by atoms with Crippen molar-refractivity contribution in [1.29, 1.82) is 0 Å². The second kappa shape index (κ2) is 6.04.